The molecule has 0 aromatic heterocycles. The van der Waals surface area contributed by atoms with Gasteiger partial charge in [0.1, 0.15) is 0 Å². The van der Waals surface area contributed by atoms with E-state index in [1.165, 1.54) is 6.92 Å². The van der Waals surface area contributed by atoms with E-state index in [1.807, 2.05) is 0 Å². The normalized spacial score (nSPS) is 16.1. The molecule has 0 bridgehead atoms. The number of primary amides is 1. The SMILES string of the molecule is C1COCN1.CC(N)=O. The predicted molar refractivity (Wildman–Crippen MR) is 33.7 cm³/mol. The average Bonchev–Trinajstić information content (AvgIpc) is 2.11. The molecule has 1 aliphatic heterocycles. The zero-order valence-corrected chi connectivity index (χ0v) is 5.52. The zero-order chi connectivity index (χ0) is 7.11. The van der Waals surface area contributed by atoms with Gasteiger partial charge >= 0.3 is 0 Å². The van der Waals surface area contributed by atoms with Gasteiger partial charge in [0, 0.05) is 13.5 Å². The maximum Gasteiger partial charge on any atom is 0.214 e. The smallest absolute Gasteiger partial charge is 0.214 e. The van der Waals surface area contributed by atoms with E-state index in [0.717, 1.165) is 19.9 Å². The van der Waals surface area contributed by atoms with Crippen molar-refractivity contribution < 1.29 is 9.53 Å². The summed E-state index contributed by atoms with van der Waals surface area (Å²) in [4.78, 5) is 9.22. The molecule has 4 heteroatoms. The standard InChI is InChI=1S/C3H7NO.C2H5NO/c1-2-5-3-4-1;1-2(3)4/h4H,1-3H2;1H3,(H2,3,4). The van der Waals surface area contributed by atoms with E-state index >= 15 is 0 Å². The molecular formula is C5H12N2O2. The van der Waals surface area contributed by atoms with Gasteiger partial charge in [-0.1, -0.05) is 0 Å². The number of carbonyl (C=O) groups is 1. The fourth-order valence-electron chi connectivity index (χ4n) is 0.361. The number of carbonyl (C=O) groups excluding carboxylic acids is 1. The summed E-state index contributed by atoms with van der Waals surface area (Å²) in [6, 6.07) is 0. The van der Waals surface area contributed by atoms with Crippen LogP contribution in [0.5, 0.6) is 0 Å². The first kappa shape index (κ1) is 8.39. The molecule has 1 amide bonds. The number of hydrogen-bond acceptors (Lipinski definition) is 3. The summed E-state index contributed by atoms with van der Waals surface area (Å²) in [6.45, 7) is 3.97. The third-order valence-corrected chi connectivity index (χ3v) is 0.627. The maximum absolute atomic E-state index is 9.22. The van der Waals surface area contributed by atoms with Crippen molar-refractivity contribution in [2.75, 3.05) is 19.9 Å². The van der Waals surface area contributed by atoms with Crippen LogP contribution in [0.2, 0.25) is 0 Å². The third kappa shape index (κ3) is 11.1. The Morgan fingerprint density at radius 2 is 2.33 bits per heavy atom. The molecule has 1 aliphatic rings. The zero-order valence-electron chi connectivity index (χ0n) is 5.52. The van der Waals surface area contributed by atoms with Crippen molar-refractivity contribution in [3.8, 4) is 0 Å². The van der Waals surface area contributed by atoms with Gasteiger partial charge in [0.15, 0.2) is 0 Å². The summed E-state index contributed by atoms with van der Waals surface area (Å²) in [7, 11) is 0. The largest absolute Gasteiger partial charge is 0.370 e. The summed E-state index contributed by atoms with van der Waals surface area (Å²) >= 11 is 0. The molecule has 54 valence electrons. The molecule has 3 N–H and O–H groups in total. The van der Waals surface area contributed by atoms with E-state index < -0.39 is 0 Å². The highest BCUT2D eigenvalue weighted by Crippen LogP contribution is 1.75. The fourth-order valence-corrected chi connectivity index (χ4v) is 0.361. The molecule has 0 aromatic carbocycles. The Morgan fingerprint density at radius 3 is 2.44 bits per heavy atom. The first-order valence-corrected chi connectivity index (χ1v) is 2.78. The minimum Gasteiger partial charge on any atom is -0.370 e. The summed E-state index contributed by atoms with van der Waals surface area (Å²) < 4.78 is 4.83. The number of nitrogens with two attached hydrogens (primary N) is 1. The summed E-state index contributed by atoms with van der Waals surface area (Å²) in [5.41, 5.74) is 4.47. The molecule has 0 spiro atoms. The van der Waals surface area contributed by atoms with E-state index in [9.17, 15) is 4.79 Å². The van der Waals surface area contributed by atoms with Gasteiger partial charge in [-0.05, 0) is 0 Å². The topological polar surface area (TPSA) is 64.3 Å². The molecule has 1 fully saturated rings. The molecule has 0 atom stereocenters. The minimum atomic E-state index is -0.333. The second-order valence-corrected chi connectivity index (χ2v) is 1.66. The predicted octanol–water partition coefficient (Wildman–Crippen LogP) is -0.945. The fraction of sp³-hybridized carbons (Fsp3) is 0.800. The Kier molecular flexibility index (Phi) is 5.15. The minimum absolute atomic E-state index is 0.333. The van der Waals surface area contributed by atoms with E-state index in [0.29, 0.717) is 0 Å². The van der Waals surface area contributed by atoms with E-state index in [-0.39, 0.29) is 5.91 Å². The Labute approximate surface area is 54.4 Å². The highest BCUT2D eigenvalue weighted by atomic mass is 16.5. The number of nitrogens with one attached hydrogen (secondary N) is 1. The molecule has 0 radical (unpaired) electrons. The second kappa shape index (κ2) is 5.53. The monoisotopic (exact) mass is 132 g/mol. The van der Waals surface area contributed by atoms with Gasteiger partial charge in [-0.3, -0.25) is 10.1 Å². The molecule has 0 aliphatic carbocycles. The first-order valence-electron chi connectivity index (χ1n) is 2.78. The van der Waals surface area contributed by atoms with Crippen molar-refractivity contribution >= 4 is 5.91 Å². The lowest BCUT2D eigenvalue weighted by Crippen LogP contribution is -2.05. The van der Waals surface area contributed by atoms with Gasteiger partial charge < -0.3 is 10.5 Å². The van der Waals surface area contributed by atoms with Gasteiger partial charge in [0.05, 0.1) is 13.3 Å². The molecular weight excluding hydrogens is 120 g/mol. The van der Waals surface area contributed by atoms with Crippen LogP contribution in [0.4, 0.5) is 0 Å². The van der Waals surface area contributed by atoms with Crippen LogP contribution in [0.25, 0.3) is 0 Å². The van der Waals surface area contributed by atoms with Gasteiger partial charge in [-0.2, -0.15) is 0 Å². The van der Waals surface area contributed by atoms with Crippen LogP contribution in [-0.2, 0) is 9.53 Å². The number of rotatable bonds is 0. The van der Waals surface area contributed by atoms with Crippen LogP contribution >= 0.6 is 0 Å². The highest BCUT2D eigenvalue weighted by molar-refractivity contribution is 5.70. The lowest BCUT2D eigenvalue weighted by molar-refractivity contribution is -0.115. The Hall–Kier alpha value is -0.610. The van der Waals surface area contributed by atoms with Crippen molar-refractivity contribution in [1.29, 1.82) is 0 Å². The molecule has 0 saturated carbocycles. The maximum atomic E-state index is 9.22. The first-order chi connectivity index (χ1) is 4.23. The Bertz CT molecular complexity index is 69.4. The van der Waals surface area contributed by atoms with E-state index in [1.54, 1.807) is 0 Å². The van der Waals surface area contributed by atoms with Crippen molar-refractivity contribution in [1.82, 2.24) is 5.32 Å². The molecule has 9 heavy (non-hydrogen) atoms. The molecule has 0 unspecified atom stereocenters. The van der Waals surface area contributed by atoms with Crippen LogP contribution in [0.15, 0.2) is 0 Å². The number of amides is 1. The van der Waals surface area contributed by atoms with Gasteiger partial charge in [0.25, 0.3) is 0 Å². The molecule has 1 saturated heterocycles. The van der Waals surface area contributed by atoms with Crippen molar-refractivity contribution in [2.45, 2.75) is 6.92 Å². The van der Waals surface area contributed by atoms with Crippen LogP contribution in [-0.4, -0.2) is 25.8 Å². The van der Waals surface area contributed by atoms with E-state index in [2.05, 4.69) is 11.1 Å². The average molecular weight is 132 g/mol. The number of ether oxygens (including phenoxy) is 1. The summed E-state index contributed by atoms with van der Waals surface area (Å²) in [5.74, 6) is -0.333. The van der Waals surface area contributed by atoms with Crippen LogP contribution < -0.4 is 11.1 Å². The van der Waals surface area contributed by atoms with Crippen LogP contribution in [0.1, 0.15) is 6.92 Å². The Balaban J connectivity index is 0.000000148. The second-order valence-electron chi connectivity index (χ2n) is 1.66. The summed E-state index contributed by atoms with van der Waals surface area (Å²) in [5, 5.41) is 3.00. The molecule has 1 rings (SSSR count). The van der Waals surface area contributed by atoms with Gasteiger partial charge in [-0.15, -0.1) is 0 Å². The lowest BCUT2D eigenvalue weighted by atomic mass is 10.7. The third-order valence-electron chi connectivity index (χ3n) is 0.627. The van der Waals surface area contributed by atoms with Crippen LogP contribution in [0, 0.1) is 0 Å². The van der Waals surface area contributed by atoms with E-state index in [4.69, 9.17) is 4.74 Å². The quantitative estimate of drug-likeness (QED) is 0.447. The van der Waals surface area contributed by atoms with Gasteiger partial charge in [-0.25, -0.2) is 0 Å². The van der Waals surface area contributed by atoms with Crippen molar-refractivity contribution in [2.24, 2.45) is 5.73 Å². The highest BCUT2D eigenvalue weighted by Gasteiger charge is 1.92. The summed E-state index contributed by atoms with van der Waals surface area (Å²) in [6.07, 6.45) is 0. The number of hydrogen-bond donors (Lipinski definition) is 2. The van der Waals surface area contributed by atoms with Gasteiger partial charge in [0.2, 0.25) is 5.91 Å². The van der Waals surface area contributed by atoms with Crippen LogP contribution in [0.3, 0.4) is 0 Å². The van der Waals surface area contributed by atoms with Crippen molar-refractivity contribution in [3.63, 3.8) is 0 Å². The molecule has 1 heterocycles. The Morgan fingerprint density at radius 1 is 1.78 bits per heavy atom. The van der Waals surface area contributed by atoms with Crippen molar-refractivity contribution in [3.05, 3.63) is 0 Å². The molecule has 0 aromatic rings. The molecule has 4 nitrogen and oxygen atoms in total. The lowest BCUT2D eigenvalue weighted by Gasteiger charge is -1.76.